The Labute approximate surface area is 129 Å². The monoisotopic (exact) mass is 396 g/mol. The highest BCUT2D eigenvalue weighted by molar-refractivity contribution is 9.09. The fraction of sp³-hybridized carbons (Fsp3) is 1.00. The molecule has 19 heavy (non-hydrogen) atoms. The van der Waals surface area contributed by atoms with Crippen LogP contribution in [0.1, 0.15) is 19.3 Å². The number of hydrogen-bond donors (Lipinski definition) is 0. The standard InChI is InChI=1S/C13H18Br2O4/c14-10-7-9-5-8(12(10)16-1-2-17-12)6-11(15)13(9)18-3-4-19-13/h8-11H,1-7H2. The summed E-state index contributed by atoms with van der Waals surface area (Å²) in [5.41, 5.74) is 0. The normalized spacial score (nSPS) is 47.1. The Morgan fingerprint density at radius 1 is 0.632 bits per heavy atom. The van der Waals surface area contributed by atoms with E-state index >= 15 is 0 Å². The first kappa shape index (κ1) is 13.5. The number of ether oxygens (including phenoxy) is 4. The second kappa shape index (κ2) is 4.65. The molecule has 4 nitrogen and oxygen atoms in total. The van der Waals surface area contributed by atoms with E-state index in [0.717, 1.165) is 19.3 Å². The molecule has 0 amide bonds. The quantitative estimate of drug-likeness (QED) is 0.588. The third-order valence-electron chi connectivity index (χ3n) is 5.04. The van der Waals surface area contributed by atoms with Crippen molar-refractivity contribution in [2.45, 2.75) is 40.5 Å². The summed E-state index contributed by atoms with van der Waals surface area (Å²) in [6, 6.07) is 0. The van der Waals surface area contributed by atoms with Gasteiger partial charge in [-0.2, -0.15) is 0 Å². The average molecular weight is 398 g/mol. The summed E-state index contributed by atoms with van der Waals surface area (Å²) in [4.78, 5) is 0.437. The summed E-state index contributed by atoms with van der Waals surface area (Å²) in [5, 5.41) is 0. The highest BCUT2D eigenvalue weighted by Crippen LogP contribution is 2.58. The predicted molar refractivity (Wildman–Crippen MR) is 75.5 cm³/mol. The van der Waals surface area contributed by atoms with Gasteiger partial charge in [0.1, 0.15) is 0 Å². The van der Waals surface area contributed by atoms with E-state index in [-0.39, 0.29) is 9.65 Å². The van der Waals surface area contributed by atoms with E-state index in [4.69, 9.17) is 18.9 Å². The molecule has 2 aliphatic heterocycles. The summed E-state index contributed by atoms with van der Waals surface area (Å²) in [7, 11) is 0. The molecule has 0 radical (unpaired) electrons. The average Bonchev–Trinajstić information content (AvgIpc) is 3.05. The lowest BCUT2D eigenvalue weighted by atomic mass is 9.66. The van der Waals surface area contributed by atoms with Crippen LogP contribution < -0.4 is 0 Å². The second-order valence-electron chi connectivity index (χ2n) is 5.87. The largest absolute Gasteiger partial charge is 0.346 e. The Bertz CT molecular complexity index is 328. The lowest BCUT2D eigenvalue weighted by Crippen LogP contribution is -2.63. The molecule has 2 spiro atoms. The molecule has 0 aromatic rings. The van der Waals surface area contributed by atoms with Crippen molar-refractivity contribution in [1.29, 1.82) is 0 Å². The summed E-state index contributed by atoms with van der Waals surface area (Å²) in [6.07, 6.45) is 3.00. The summed E-state index contributed by atoms with van der Waals surface area (Å²) in [6.45, 7) is 2.81. The Kier molecular flexibility index (Phi) is 3.29. The summed E-state index contributed by atoms with van der Waals surface area (Å²) < 4.78 is 24.0. The van der Waals surface area contributed by atoms with E-state index in [1.165, 1.54) is 0 Å². The third-order valence-corrected chi connectivity index (χ3v) is 7.06. The van der Waals surface area contributed by atoms with Gasteiger partial charge in [0.2, 0.25) is 0 Å². The van der Waals surface area contributed by atoms with E-state index in [2.05, 4.69) is 31.9 Å². The van der Waals surface area contributed by atoms with E-state index in [0.29, 0.717) is 38.3 Å². The van der Waals surface area contributed by atoms with Gasteiger partial charge in [0.25, 0.3) is 0 Å². The van der Waals surface area contributed by atoms with Gasteiger partial charge >= 0.3 is 0 Å². The van der Waals surface area contributed by atoms with Gasteiger partial charge in [-0.25, -0.2) is 0 Å². The van der Waals surface area contributed by atoms with Crippen molar-refractivity contribution in [1.82, 2.24) is 0 Å². The molecule has 4 fully saturated rings. The van der Waals surface area contributed by atoms with Gasteiger partial charge in [0.15, 0.2) is 11.6 Å². The summed E-state index contributed by atoms with van der Waals surface area (Å²) in [5.74, 6) is -0.0484. The Morgan fingerprint density at radius 2 is 1.00 bits per heavy atom. The molecule has 2 bridgehead atoms. The van der Waals surface area contributed by atoms with Gasteiger partial charge in [-0.1, -0.05) is 31.9 Å². The molecule has 0 N–H and O–H groups in total. The summed E-state index contributed by atoms with van der Waals surface area (Å²) >= 11 is 7.60. The minimum Gasteiger partial charge on any atom is -0.346 e. The first-order valence-corrected chi connectivity index (χ1v) is 8.84. The maximum absolute atomic E-state index is 6.01. The molecule has 108 valence electrons. The lowest BCUT2D eigenvalue weighted by Gasteiger charge is -2.55. The molecule has 2 aliphatic carbocycles. The van der Waals surface area contributed by atoms with Crippen molar-refractivity contribution >= 4 is 31.9 Å². The highest BCUT2D eigenvalue weighted by atomic mass is 79.9. The van der Waals surface area contributed by atoms with Crippen LogP contribution in [0.4, 0.5) is 0 Å². The van der Waals surface area contributed by atoms with E-state index in [9.17, 15) is 0 Å². The van der Waals surface area contributed by atoms with E-state index in [1.807, 2.05) is 0 Å². The molecule has 4 unspecified atom stereocenters. The van der Waals surface area contributed by atoms with Gasteiger partial charge in [-0.3, -0.25) is 0 Å². The van der Waals surface area contributed by atoms with E-state index in [1.54, 1.807) is 0 Å². The number of halogens is 2. The number of hydrogen-bond acceptors (Lipinski definition) is 4. The maximum atomic E-state index is 6.01. The molecule has 0 aromatic carbocycles. The number of alkyl halides is 2. The Hall–Kier alpha value is 0.800. The topological polar surface area (TPSA) is 36.9 Å². The minimum absolute atomic E-state index is 0.218. The van der Waals surface area contributed by atoms with E-state index < -0.39 is 11.6 Å². The predicted octanol–water partition coefficient (Wildman–Crippen LogP) is 2.43. The van der Waals surface area contributed by atoms with Crippen molar-refractivity contribution in [3.05, 3.63) is 0 Å². The van der Waals surface area contributed by atoms with Crippen molar-refractivity contribution in [2.24, 2.45) is 11.8 Å². The number of rotatable bonds is 0. The van der Waals surface area contributed by atoms with Gasteiger partial charge in [-0.15, -0.1) is 0 Å². The van der Waals surface area contributed by atoms with Crippen LogP contribution in [0.3, 0.4) is 0 Å². The molecule has 2 saturated heterocycles. The molecule has 0 aromatic heterocycles. The lowest BCUT2D eigenvalue weighted by molar-refractivity contribution is -0.277. The molecule has 4 aliphatic rings. The zero-order valence-electron chi connectivity index (χ0n) is 10.6. The molecular weight excluding hydrogens is 380 g/mol. The van der Waals surface area contributed by atoms with Crippen LogP contribution in [0.25, 0.3) is 0 Å². The zero-order chi connectivity index (χ0) is 13.1. The van der Waals surface area contributed by atoms with Gasteiger partial charge in [0, 0.05) is 11.8 Å². The SMILES string of the molecule is BrC1CC2CC(CC(Br)C23OCCO3)C12OCCO2. The van der Waals surface area contributed by atoms with Crippen LogP contribution in [0.5, 0.6) is 0 Å². The molecule has 4 rings (SSSR count). The molecule has 2 heterocycles. The smallest absolute Gasteiger partial charge is 0.183 e. The van der Waals surface area contributed by atoms with Crippen LogP contribution in [0.15, 0.2) is 0 Å². The van der Waals surface area contributed by atoms with Crippen molar-refractivity contribution in [3.8, 4) is 0 Å². The van der Waals surface area contributed by atoms with Crippen molar-refractivity contribution in [2.75, 3.05) is 26.4 Å². The van der Waals surface area contributed by atoms with Crippen LogP contribution in [0.2, 0.25) is 0 Å². The number of fused-ring (bicyclic) bond motifs is 4. The van der Waals surface area contributed by atoms with Crippen LogP contribution in [-0.4, -0.2) is 47.7 Å². The molecule has 6 heteroatoms. The fourth-order valence-corrected chi connectivity index (χ4v) is 6.43. The molecular formula is C13H18Br2O4. The first-order chi connectivity index (χ1) is 9.17. The minimum atomic E-state index is -0.428. The van der Waals surface area contributed by atoms with Gasteiger partial charge in [-0.05, 0) is 19.3 Å². The van der Waals surface area contributed by atoms with Crippen LogP contribution in [-0.2, 0) is 18.9 Å². The Morgan fingerprint density at radius 3 is 1.37 bits per heavy atom. The second-order valence-corrected chi connectivity index (χ2v) is 8.08. The van der Waals surface area contributed by atoms with Gasteiger partial charge in [0.05, 0.1) is 36.1 Å². The van der Waals surface area contributed by atoms with Crippen LogP contribution >= 0.6 is 31.9 Å². The van der Waals surface area contributed by atoms with Crippen LogP contribution in [0, 0.1) is 11.8 Å². The maximum Gasteiger partial charge on any atom is 0.183 e. The highest BCUT2D eigenvalue weighted by Gasteiger charge is 2.64. The van der Waals surface area contributed by atoms with Crippen molar-refractivity contribution < 1.29 is 18.9 Å². The fourth-order valence-electron chi connectivity index (χ4n) is 4.25. The third kappa shape index (κ3) is 1.77. The molecule has 4 atom stereocenters. The Balaban J connectivity index is 1.66. The zero-order valence-corrected chi connectivity index (χ0v) is 13.8. The molecule has 2 saturated carbocycles. The van der Waals surface area contributed by atoms with Crippen molar-refractivity contribution in [3.63, 3.8) is 0 Å². The van der Waals surface area contributed by atoms with Gasteiger partial charge < -0.3 is 18.9 Å². The first-order valence-electron chi connectivity index (χ1n) is 7.01.